The van der Waals surface area contributed by atoms with Crippen LogP contribution in [0.15, 0.2) is 48.5 Å². The molecule has 0 bridgehead atoms. The maximum Gasteiger partial charge on any atom is 0.339 e. The van der Waals surface area contributed by atoms with Crippen LogP contribution in [0.25, 0.3) is 10.9 Å². The van der Waals surface area contributed by atoms with E-state index in [0.717, 1.165) is 5.56 Å². The number of halogens is 1. The second-order valence-electron chi connectivity index (χ2n) is 6.35. The molecule has 1 amide bonds. The zero-order valence-electron chi connectivity index (χ0n) is 15.2. The summed E-state index contributed by atoms with van der Waals surface area (Å²) in [7, 11) is 0. The van der Waals surface area contributed by atoms with Crippen molar-refractivity contribution in [2.24, 2.45) is 0 Å². The second kappa shape index (κ2) is 7.76. The van der Waals surface area contributed by atoms with Crippen LogP contribution in [0.3, 0.4) is 0 Å². The molecule has 27 heavy (non-hydrogen) atoms. The maximum atomic E-state index is 12.7. The van der Waals surface area contributed by atoms with Crippen molar-refractivity contribution in [3.63, 3.8) is 0 Å². The largest absolute Gasteiger partial charge is 0.449 e. The molecule has 1 aromatic heterocycles. The van der Waals surface area contributed by atoms with Gasteiger partial charge in [-0.15, -0.1) is 0 Å². The van der Waals surface area contributed by atoms with Crippen LogP contribution >= 0.6 is 11.6 Å². The van der Waals surface area contributed by atoms with E-state index in [2.05, 4.69) is 10.3 Å². The number of aromatic nitrogens is 1. The van der Waals surface area contributed by atoms with E-state index in [-0.39, 0.29) is 0 Å². The monoisotopic (exact) mass is 382 g/mol. The first-order chi connectivity index (χ1) is 12.8. The zero-order chi connectivity index (χ0) is 19.6. The van der Waals surface area contributed by atoms with Crippen LogP contribution in [0.4, 0.5) is 5.69 Å². The number of rotatable bonds is 4. The number of esters is 1. The Hall–Kier alpha value is -2.92. The second-order valence-corrected chi connectivity index (χ2v) is 6.76. The number of para-hydroxylation sites is 1. The van der Waals surface area contributed by atoms with Crippen molar-refractivity contribution in [1.82, 2.24) is 4.98 Å². The summed E-state index contributed by atoms with van der Waals surface area (Å²) < 4.78 is 5.39. The van der Waals surface area contributed by atoms with Crippen molar-refractivity contribution in [2.75, 3.05) is 5.32 Å². The molecular formula is C21H19ClN2O3. The number of nitrogens with one attached hydrogen (secondary N) is 1. The van der Waals surface area contributed by atoms with Gasteiger partial charge in [0.25, 0.3) is 5.91 Å². The first-order valence-corrected chi connectivity index (χ1v) is 8.87. The van der Waals surface area contributed by atoms with Gasteiger partial charge in [-0.2, -0.15) is 0 Å². The number of ether oxygens (including phenoxy) is 1. The van der Waals surface area contributed by atoms with Gasteiger partial charge in [-0.1, -0.05) is 35.4 Å². The number of pyridine rings is 1. The summed E-state index contributed by atoms with van der Waals surface area (Å²) in [5.41, 5.74) is 3.27. The predicted molar refractivity (Wildman–Crippen MR) is 106 cm³/mol. The topological polar surface area (TPSA) is 68.3 Å². The number of nitrogens with zero attached hydrogens (tertiary/aromatic N) is 1. The molecule has 0 radical (unpaired) electrons. The van der Waals surface area contributed by atoms with Gasteiger partial charge in [-0.05, 0) is 51.1 Å². The van der Waals surface area contributed by atoms with E-state index in [1.807, 2.05) is 32.0 Å². The fourth-order valence-electron chi connectivity index (χ4n) is 2.72. The standard InChI is InChI=1S/C21H19ClN2O3/c1-12-8-9-18-15(10-12)16(11-13(2)23-18)21(26)27-14(3)20(25)24-19-7-5-4-6-17(19)22/h4-11,14H,1-3H3,(H,24,25). The Balaban J connectivity index is 1.81. The van der Waals surface area contributed by atoms with Crippen LogP contribution in [0, 0.1) is 13.8 Å². The molecule has 0 saturated carbocycles. The Morgan fingerprint density at radius 3 is 2.59 bits per heavy atom. The summed E-state index contributed by atoms with van der Waals surface area (Å²) in [4.78, 5) is 29.5. The molecule has 0 aliphatic carbocycles. The number of fused-ring (bicyclic) bond motifs is 1. The molecule has 0 saturated heterocycles. The van der Waals surface area contributed by atoms with Crippen LogP contribution in [0.5, 0.6) is 0 Å². The van der Waals surface area contributed by atoms with Crippen LogP contribution in [-0.4, -0.2) is 23.0 Å². The van der Waals surface area contributed by atoms with Crippen molar-refractivity contribution < 1.29 is 14.3 Å². The summed E-state index contributed by atoms with van der Waals surface area (Å²) in [5.74, 6) is -1.03. The van der Waals surface area contributed by atoms with Crippen molar-refractivity contribution in [1.29, 1.82) is 0 Å². The molecule has 3 aromatic rings. The van der Waals surface area contributed by atoms with Gasteiger partial charge >= 0.3 is 5.97 Å². The highest BCUT2D eigenvalue weighted by Gasteiger charge is 2.21. The molecule has 5 nitrogen and oxygen atoms in total. The minimum absolute atomic E-state index is 0.388. The number of anilines is 1. The normalized spacial score (nSPS) is 11.9. The summed E-state index contributed by atoms with van der Waals surface area (Å²) in [6.45, 7) is 5.27. The Morgan fingerprint density at radius 1 is 1.11 bits per heavy atom. The highest BCUT2D eigenvalue weighted by Crippen LogP contribution is 2.23. The molecule has 0 aliphatic heterocycles. The number of hydrogen-bond acceptors (Lipinski definition) is 4. The molecule has 3 rings (SSSR count). The molecular weight excluding hydrogens is 364 g/mol. The number of benzene rings is 2. The highest BCUT2D eigenvalue weighted by atomic mass is 35.5. The summed E-state index contributed by atoms with van der Waals surface area (Å²) in [6, 6.07) is 14.2. The van der Waals surface area contributed by atoms with Crippen molar-refractivity contribution >= 4 is 40.1 Å². The number of aryl methyl sites for hydroxylation is 2. The average molecular weight is 383 g/mol. The molecule has 0 spiro atoms. The molecule has 1 heterocycles. The lowest BCUT2D eigenvalue weighted by Crippen LogP contribution is -2.30. The van der Waals surface area contributed by atoms with Gasteiger partial charge in [0.15, 0.2) is 6.10 Å². The van der Waals surface area contributed by atoms with Gasteiger partial charge in [0, 0.05) is 11.1 Å². The Labute approximate surface area is 162 Å². The molecule has 138 valence electrons. The van der Waals surface area contributed by atoms with Crippen molar-refractivity contribution in [3.05, 3.63) is 70.4 Å². The van der Waals surface area contributed by atoms with Crippen LogP contribution < -0.4 is 5.32 Å². The molecule has 1 N–H and O–H groups in total. The number of carbonyl (C=O) groups is 2. The lowest BCUT2D eigenvalue weighted by atomic mass is 10.1. The lowest BCUT2D eigenvalue weighted by molar-refractivity contribution is -0.123. The molecule has 1 unspecified atom stereocenters. The van der Waals surface area contributed by atoms with Crippen molar-refractivity contribution in [2.45, 2.75) is 26.9 Å². The van der Waals surface area contributed by atoms with Crippen LogP contribution in [0.2, 0.25) is 5.02 Å². The fraction of sp³-hybridized carbons (Fsp3) is 0.190. The summed E-state index contributed by atoms with van der Waals surface area (Å²) in [5, 5.41) is 3.78. The van der Waals surface area contributed by atoms with Gasteiger partial charge in [0.1, 0.15) is 0 Å². The summed E-state index contributed by atoms with van der Waals surface area (Å²) >= 11 is 6.04. The van der Waals surface area contributed by atoms with E-state index >= 15 is 0 Å². The first kappa shape index (κ1) is 18.9. The number of amides is 1. The van der Waals surface area contributed by atoms with Crippen LogP contribution in [-0.2, 0) is 9.53 Å². The first-order valence-electron chi connectivity index (χ1n) is 8.49. The summed E-state index contributed by atoms with van der Waals surface area (Å²) in [6.07, 6.45) is -0.984. The minimum Gasteiger partial charge on any atom is -0.449 e. The Morgan fingerprint density at radius 2 is 1.85 bits per heavy atom. The molecule has 0 aliphatic rings. The van der Waals surface area contributed by atoms with E-state index in [9.17, 15) is 9.59 Å². The van der Waals surface area contributed by atoms with E-state index in [4.69, 9.17) is 16.3 Å². The third-order valence-corrected chi connectivity index (χ3v) is 4.43. The van der Waals surface area contributed by atoms with Gasteiger partial charge in [-0.3, -0.25) is 9.78 Å². The smallest absolute Gasteiger partial charge is 0.339 e. The SMILES string of the molecule is Cc1ccc2nc(C)cc(C(=O)OC(C)C(=O)Nc3ccccc3Cl)c2c1. The van der Waals surface area contributed by atoms with Crippen molar-refractivity contribution in [3.8, 4) is 0 Å². The minimum atomic E-state index is -0.984. The van der Waals surface area contributed by atoms with E-state index in [0.29, 0.717) is 32.9 Å². The van der Waals surface area contributed by atoms with Gasteiger partial charge in [0.05, 0.1) is 21.8 Å². The van der Waals surface area contributed by atoms with Crippen LogP contribution in [0.1, 0.15) is 28.5 Å². The van der Waals surface area contributed by atoms with Gasteiger partial charge in [0.2, 0.25) is 0 Å². The number of hydrogen-bond donors (Lipinski definition) is 1. The van der Waals surface area contributed by atoms with E-state index < -0.39 is 18.0 Å². The van der Waals surface area contributed by atoms with E-state index in [1.54, 1.807) is 30.3 Å². The van der Waals surface area contributed by atoms with E-state index in [1.165, 1.54) is 6.92 Å². The molecule has 0 fully saturated rings. The molecule has 2 aromatic carbocycles. The third-order valence-electron chi connectivity index (χ3n) is 4.10. The zero-order valence-corrected chi connectivity index (χ0v) is 16.0. The Kier molecular flexibility index (Phi) is 5.42. The average Bonchev–Trinajstić information content (AvgIpc) is 2.63. The highest BCUT2D eigenvalue weighted by molar-refractivity contribution is 6.33. The maximum absolute atomic E-state index is 12.7. The Bertz CT molecular complexity index is 1030. The van der Waals surface area contributed by atoms with Gasteiger partial charge < -0.3 is 10.1 Å². The number of carbonyl (C=O) groups excluding carboxylic acids is 2. The molecule has 1 atom stereocenters. The molecule has 6 heteroatoms. The predicted octanol–water partition coefficient (Wildman–Crippen LogP) is 4.69. The van der Waals surface area contributed by atoms with Gasteiger partial charge in [-0.25, -0.2) is 4.79 Å². The third kappa shape index (κ3) is 4.26. The quantitative estimate of drug-likeness (QED) is 0.664. The lowest BCUT2D eigenvalue weighted by Gasteiger charge is -2.15. The fourth-order valence-corrected chi connectivity index (χ4v) is 2.90.